The zero-order chi connectivity index (χ0) is 38.2. The minimum atomic E-state index is -3.49. The van der Waals surface area contributed by atoms with Crippen LogP contribution >= 0.6 is 22.7 Å². The molecule has 13 heteroatoms. The summed E-state index contributed by atoms with van der Waals surface area (Å²) in [6.45, 7) is 4.35. The van der Waals surface area contributed by atoms with Crippen molar-refractivity contribution >= 4 is 70.4 Å². The Balaban J connectivity index is 0.000000240. The molecule has 0 aliphatic heterocycles. The number of para-hydroxylation sites is 1. The molecule has 5 aromatic rings. The van der Waals surface area contributed by atoms with Crippen LogP contribution in [0.3, 0.4) is 0 Å². The van der Waals surface area contributed by atoms with Crippen LogP contribution in [0.15, 0.2) is 78.9 Å². The predicted octanol–water partition coefficient (Wildman–Crippen LogP) is 13.1. The molecule has 0 fully saturated rings. The maximum absolute atomic E-state index is 12.5. The number of nitrogens with zero attached hydrogens (tertiary/aromatic N) is 4. The van der Waals surface area contributed by atoms with Crippen LogP contribution in [0.2, 0.25) is 0 Å². The quantitative estimate of drug-likeness (QED) is 0.0716. The Bertz CT molecular complexity index is 2150. The normalized spacial score (nSPS) is 12.4. The standard InChI is InChI=1S/C21H27N2O2S2.C21H25N2O2S2.Pt/c2*1-2-3-4-5-6-11-16-27(24,25)23-18-13-8-7-12-17(18)21-22-19-14-9-10-15-20(19)26-21;/h7-9,12-14H,2-6,10-11,15-16H2,1H3;7-10,12-15H,2-6,11,16H2,1H3;/q2*-1;+2. The van der Waals surface area contributed by atoms with E-state index in [1.54, 1.807) is 34.8 Å². The van der Waals surface area contributed by atoms with Crippen molar-refractivity contribution in [1.29, 1.82) is 0 Å². The van der Waals surface area contributed by atoms with Crippen molar-refractivity contribution in [2.45, 2.75) is 104 Å². The van der Waals surface area contributed by atoms with Gasteiger partial charge in [0, 0.05) is 16.4 Å². The van der Waals surface area contributed by atoms with Gasteiger partial charge in [0.05, 0.1) is 36.0 Å². The van der Waals surface area contributed by atoms with Crippen molar-refractivity contribution in [3.8, 4) is 21.1 Å². The van der Waals surface area contributed by atoms with E-state index in [0.29, 0.717) is 24.2 Å². The molecule has 0 N–H and O–H groups in total. The van der Waals surface area contributed by atoms with Gasteiger partial charge in [-0.15, -0.1) is 34.0 Å². The zero-order valence-corrected chi connectivity index (χ0v) is 37.3. The topological polar surface area (TPSA) is 122 Å². The predicted molar refractivity (Wildman–Crippen MR) is 230 cm³/mol. The Morgan fingerprint density at radius 1 is 0.600 bits per heavy atom. The molecule has 0 atom stereocenters. The second kappa shape index (κ2) is 22.7. The molecule has 6 rings (SSSR count). The molecule has 0 saturated heterocycles. The van der Waals surface area contributed by atoms with E-state index in [1.807, 2.05) is 66.7 Å². The number of fused-ring (bicyclic) bond motifs is 2. The van der Waals surface area contributed by atoms with Gasteiger partial charge >= 0.3 is 21.1 Å². The van der Waals surface area contributed by atoms with E-state index in [2.05, 4.69) is 34.4 Å². The van der Waals surface area contributed by atoms with Gasteiger partial charge < -0.3 is 9.44 Å². The van der Waals surface area contributed by atoms with Crippen LogP contribution in [0.4, 0.5) is 11.4 Å². The molecule has 0 unspecified atom stereocenters. The summed E-state index contributed by atoms with van der Waals surface area (Å²) in [5, 5.41) is 1.64. The Morgan fingerprint density at radius 3 is 1.64 bits per heavy atom. The number of hydrogen-bond acceptors (Lipinski definition) is 8. The maximum atomic E-state index is 12.5. The second-order valence-electron chi connectivity index (χ2n) is 13.6. The van der Waals surface area contributed by atoms with Crippen LogP contribution in [0.25, 0.3) is 46.9 Å². The van der Waals surface area contributed by atoms with Gasteiger partial charge in [-0.05, 0) is 55.0 Å². The molecule has 55 heavy (non-hydrogen) atoms. The van der Waals surface area contributed by atoms with E-state index in [0.717, 1.165) is 75.6 Å². The van der Waals surface area contributed by atoms with E-state index in [4.69, 9.17) is 4.98 Å². The van der Waals surface area contributed by atoms with Crippen LogP contribution < -0.4 is 0 Å². The van der Waals surface area contributed by atoms with Crippen LogP contribution in [-0.2, 0) is 47.5 Å². The number of allylic oxidation sites excluding steroid dienone is 1. The summed E-state index contributed by atoms with van der Waals surface area (Å²) >= 11 is 3.19. The summed E-state index contributed by atoms with van der Waals surface area (Å²) < 4.78 is 59.2. The fourth-order valence-corrected chi connectivity index (χ4v) is 10.5. The van der Waals surface area contributed by atoms with E-state index >= 15 is 0 Å². The van der Waals surface area contributed by atoms with Crippen molar-refractivity contribution in [3.63, 3.8) is 0 Å². The molecule has 298 valence electrons. The minimum absolute atomic E-state index is 0. The number of rotatable bonds is 20. The van der Waals surface area contributed by atoms with E-state index < -0.39 is 20.0 Å². The molecule has 0 spiro atoms. The average Bonchev–Trinajstić information content (AvgIpc) is 3.80. The maximum Gasteiger partial charge on any atom is 2.00 e. The molecule has 2 aromatic heterocycles. The molecule has 0 bridgehead atoms. The van der Waals surface area contributed by atoms with Crippen molar-refractivity contribution in [2.24, 2.45) is 0 Å². The fourth-order valence-electron chi connectivity index (χ4n) is 6.17. The van der Waals surface area contributed by atoms with Gasteiger partial charge in [-0.25, -0.2) is 26.8 Å². The zero-order valence-electron chi connectivity index (χ0n) is 31.8. The van der Waals surface area contributed by atoms with Gasteiger partial charge in [0.25, 0.3) is 0 Å². The first-order valence-electron chi connectivity index (χ1n) is 19.3. The van der Waals surface area contributed by atoms with Crippen LogP contribution in [-0.4, -0.2) is 38.3 Å². The average molecular weight is 1000 g/mol. The fraction of sp³-hybridized carbons (Fsp3) is 0.429. The van der Waals surface area contributed by atoms with Crippen molar-refractivity contribution in [2.75, 3.05) is 11.5 Å². The van der Waals surface area contributed by atoms with Crippen molar-refractivity contribution in [3.05, 3.63) is 98.9 Å². The third-order valence-corrected chi connectivity index (χ3v) is 13.9. The summed E-state index contributed by atoms with van der Waals surface area (Å²) in [5.74, 6) is 0.220. The largest absolute Gasteiger partial charge is 2.00 e. The van der Waals surface area contributed by atoms with Crippen LogP contribution in [0, 0.1) is 0 Å². The molecular formula is C42H52N4O4PtS4. The monoisotopic (exact) mass is 999 g/mol. The molecule has 1 aliphatic carbocycles. The molecular weight excluding hydrogens is 948 g/mol. The molecule has 8 nitrogen and oxygen atoms in total. The SMILES string of the molecule is CCCCCCCCS(=O)(=O)[N-]c1ccccc1-c1nc2c(s1)CCC=C2.CCCCCCCCS(=O)(=O)[N-]c1ccccc1-c1nc2ccccc2s1.[Pt+2]. The summed E-state index contributed by atoms with van der Waals surface area (Å²) in [5.41, 5.74) is 4.47. The summed E-state index contributed by atoms with van der Waals surface area (Å²) in [6, 6.07) is 22.7. The number of unbranched alkanes of at least 4 members (excludes halogenated alkanes) is 10. The van der Waals surface area contributed by atoms with Gasteiger partial charge in [-0.1, -0.05) is 145 Å². The van der Waals surface area contributed by atoms with E-state index in [1.165, 1.54) is 43.4 Å². The molecule has 1 aliphatic rings. The smallest absolute Gasteiger partial charge is 0.576 e. The Morgan fingerprint density at radius 2 is 1.09 bits per heavy atom. The third kappa shape index (κ3) is 14.2. The van der Waals surface area contributed by atoms with E-state index in [9.17, 15) is 16.8 Å². The summed E-state index contributed by atoms with van der Waals surface area (Å²) in [4.78, 5) is 10.6. The summed E-state index contributed by atoms with van der Waals surface area (Å²) in [7, 11) is -6.96. The number of benzene rings is 3. The molecule has 0 amide bonds. The molecule has 2 heterocycles. The second-order valence-corrected chi connectivity index (χ2v) is 19.2. The minimum Gasteiger partial charge on any atom is -0.576 e. The van der Waals surface area contributed by atoms with Gasteiger partial charge in [0.15, 0.2) is 0 Å². The van der Waals surface area contributed by atoms with Crippen molar-refractivity contribution in [1.82, 2.24) is 9.97 Å². The molecule has 3 aromatic carbocycles. The van der Waals surface area contributed by atoms with Crippen molar-refractivity contribution < 1.29 is 37.9 Å². The first-order valence-corrected chi connectivity index (χ1v) is 24.1. The number of aromatic nitrogens is 2. The van der Waals surface area contributed by atoms with Gasteiger partial charge in [0.2, 0.25) is 0 Å². The Hall–Kier alpha value is -2.89. The first-order chi connectivity index (χ1) is 26.2. The number of hydrogen-bond donors (Lipinski definition) is 0. The summed E-state index contributed by atoms with van der Waals surface area (Å²) in [6.07, 6.45) is 18.8. The third-order valence-electron chi connectivity index (χ3n) is 9.09. The molecule has 0 saturated carbocycles. The van der Waals surface area contributed by atoms with E-state index in [-0.39, 0.29) is 32.6 Å². The number of sulfonamides is 2. The van der Waals surface area contributed by atoms with Gasteiger partial charge in [-0.3, -0.25) is 0 Å². The Labute approximate surface area is 351 Å². The number of thiazole rings is 2. The first kappa shape index (κ1) is 44.8. The van der Waals surface area contributed by atoms with Gasteiger partial charge in [-0.2, -0.15) is 0 Å². The number of aryl methyl sites for hydroxylation is 1. The van der Waals surface area contributed by atoms with Crippen LogP contribution in [0.5, 0.6) is 0 Å². The Kier molecular flexibility index (Phi) is 18.5. The van der Waals surface area contributed by atoms with Gasteiger partial charge in [0.1, 0.15) is 10.0 Å². The van der Waals surface area contributed by atoms with Crippen LogP contribution in [0.1, 0.15) is 108 Å². The molecule has 0 radical (unpaired) electrons.